The van der Waals surface area contributed by atoms with Gasteiger partial charge in [0.1, 0.15) is 5.01 Å². The predicted molar refractivity (Wildman–Crippen MR) is 101 cm³/mol. The summed E-state index contributed by atoms with van der Waals surface area (Å²) in [6.45, 7) is 6.67. The van der Waals surface area contributed by atoms with Crippen molar-refractivity contribution in [1.29, 1.82) is 0 Å². The fraction of sp³-hybridized carbons (Fsp3) is 0.444. The summed E-state index contributed by atoms with van der Waals surface area (Å²) in [4.78, 5) is 24.0. The number of fused-ring (bicyclic) bond motifs is 1. The van der Waals surface area contributed by atoms with Crippen LogP contribution in [0.3, 0.4) is 0 Å². The minimum absolute atomic E-state index is 0.0808. The van der Waals surface area contributed by atoms with Crippen molar-refractivity contribution in [3.63, 3.8) is 0 Å². The Morgan fingerprint density at radius 3 is 2.59 bits per heavy atom. The molecule has 2 N–H and O–H groups in total. The molecule has 1 aromatic carbocycles. The second-order valence-electron chi connectivity index (χ2n) is 7.17. The quantitative estimate of drug-likeness (QED) is 0.786. The smallest absolute Gasteiger partial charge is 0.231 e. The molecule has 27 heavy (non-hydrogen) atoms. The summed E-state index contributed by atoms with van der Waals surface area (Å²) in [5.41, 5.74) is 0.788. The molecule has 2 amide bonds. The summed E-state index contributed by atoms with van der Waals surface area (Å²) in [6, 6.07) is 5.51. The van der Waals surface area contributed by atoms with E-state index in [1.807, 2.05) is 39.0 Å². The average molecular weight is 390 g/mol. The maximum absolute atomic E-state index is 12.0. The molecule has 0 bridgehead atoms. The van der Waals surface area contributed by atoms with Gasteiger partial charge >= 0.3 is 0 Å². The topological polar surface area (TPSA) is 102 Å². The lowest BCUT2D eigenvalue weighted by Crippen LogP contribution is -2.24. The van der Waals surface area contributed by atoms with Crippen LogP contribution >= 0.6 is 11.3 Å². The van der Waals surface area contributed by atoms with E-state index in [0.29, 0.717) is 23.2 Å². The van der Waals surface area contributed by atoms with Gasteiger partial charge in [0, 0.05) is 24.8 Å². The molecule has 3 rings (SSSR count). The first-order valence-electron chi connectivity index (χ1n) is 8.60. The molecule has 2 heterocycles. The lowest BCUT2D eigenvalue weighted by Gasteiger charge is -2.12. The molecule has 0 atom stereocenters. The fourth-order valence-electron chi connectivity index (χ4n) is 2.33. The molecule has 1 aliphatic rings. The Kier molecular flexibility index (Phi) is 5.59. The molecule has 2 aromatic rings. The summed E-state index contributed by atoms with van der Waals surface area (Å²) >= 11 is 1.34. The Morgan fingerprint density at radius 1 is 1.11 bits per heavy atom. The number of aromatic nitrogens is 2. The number of hydrogen-bond donors (Lipinski definition) is 2. The molecule has 0 saturated carbocycles. The molecule has 0 spiro atoms. The summed E-state index contributed by atoms with van der Waals surface area (Å²) < 4.78 is 10.6. The van der Waals surface area contributed by atoms with Crippen LogP contribution in [0.2, 0.25) is 0 Å². The normalized spacial score (nSPS) is 12.7. The van der Waals surface area contributed by atoms with E-state index in [2.05, 4.69) is 20.8 Å². The van der Waals surface area contributed by atoms with E-state index in [4.69, 9.17) is 9.47 Å². The van der Waals surface area contributed by atoms with E-state index in [1.165, 1.54) is 11.3 Å². The largest absolute Gasteiger partial charge is 0.454 e. The summed E-state index contributed by atoms with van der Waals surface area (Å²) in [5, 5.41) is 14.8. The van der Waals surface area contributed by atoms with Crippen molar-refractivity contribution in [3.05, 3.63) is 28.8 Å². The molecule has 0 fully saturated rings. The molecule has 1 aliphatic heterocycles. The van der Waals surface area contributed by atoms with Gasteiger partial charge in [-0.2, -0.15) is 0 Å². The van der Waals surface area contributed by atoms with Gasteiger partial charge in [-0.15, -0.1) is 10.2 Å². The number of nitrogens with zero attached hydrogens (tertiary/aromatic N) is 2. The number of nitrogens with one attached hydrogen (secondary N) is 2. The summed E-state index contributed by atoms with van der Waals surface area (Å²) in [5.74, 6) is 0.918. The van der Waals surface area contributed by atoms with Gasteiger partial charge in [0.25, 0.3) is 0 Å². The molecule has 8 nitrogen and oxygen atoms in total. The van der Waals surface area contributed by atoms with Gasteiger partial charge in [-0.1, -0.05) is 38.2 Å². The van der Waals surface area contributed by atoms with Gasteiger partial charge < -0.3 is 20.1 Å². The molecular formula is C18H22N4O4S. The minimum atomic E-state index is -0.259. The van der Waals surface area contributed by atoms with Crippen molar-refractivity contribution < 1.29 is 19.1 Å². The van der Waals surface area contributed by atoms with Crippen LogP contribution in [-0.2, 0) is 21.5 Å². The van der Waals surface area contributed by atoms with Crippen LogP contribution in [0, 0.1) is 0 Å². The molecular weight excluding hydrogens is 368 g/mol. The van der Waals surface area contributed by atoms with E-state index in [-0.39, 0.29) is 36.9 Å². The van der Waals surface area contributed by atoms with Crippen LogP contribution in [0.15, 0.2) is 18.2 Å². The van der Waals surface area contributed by atoms with Gasteiger partial charge in [-0.3, -0.25) is 9.59 Å². The maximum atomic E-state index is 12.0. The van der Waals surface area contributed by atoms with Crippen molar-refractivity contribution in [2.24, 2.45) is 0 Å². The van der Waals surface area contributed by atoms with Crippen LogP contribution in [0.5, 0.6) is 11.5 Å². The second-order valence-corrected chi connectivity index (χ2v) is 8.15. The molecule has 9 heteroatoms. The van der Waals surface area contributed by atoms with Crippen LogP contribution in [0.1, 0.15) is 44.2 Å². The molecule has 0 radical (unpaired) electrons. The van der Waals surface area contributed by atoms with Gasteiger partial charge in [-0.05, 0) is 17.7 Å². The first kappa shape index (κ1) is 19.1. The number of ether oxygens (including phenoxy) is 2. The van der Waals surface area contributed by atoms with Crippen molar-refractivity contribution in [2.45, 2.75) is 45.6 Å². The number of amides is 2. The fourth-order valence-corrected chi connectivity index (χ4v) is 3.14. The van der Waals surface area contributed by atoms with Gasteiger partial charge in [0.2, 0.25) is 23.7 Å². The third-order valence-corrected chi connectivity index (χ3v) is 5.08. The maximum Gasteiger partial charge on any atom is 0.231 e. The monoisotopic (exact) mass is 390 g/mol. The summed E-state index contributed by atoms with van der Waals surface area (Å²) in [7, 11) is 0. The number of benzene rings is 1. The number of rotatable bonds is 6. The zero-order valence-corrected chi connectivity index (χ0v) is 16.3. The lowest BCUT2D eigenvalue weighted by atomic mass is 9.98. The Bertz CT molecular complexity index is 844. The second kappa shape index (κ2) is 7.91. The zero-order valence-electron chi connectivity index (χ0n) is 15.5. The van der Waals surface area contributed by atoms with E-state index < -0.39 is 0 Å². The van der Waals surface area contributed by atoms with Crippen molar-refractivity contribution in [1.82, 2.24) is 15.5 Å². The minimum Gasteiger partial charge on any atom is -0.454 e. The van der Waals surface area contributed by atoms with Gasteiger partial charge in [-0.25, -0.2) is 0 Å². The first-order valence-corrected chi connectivity index (χ1v) is 9.42. The van der Waals surface area contributed by atoms with Gasteiger partial charge in [0.15, 0.2) is 11.5 Å². The number of hydrogen-bond acceptors (Lipinski definition) is 7. The molecule has 0 unspecified atom stereocenters. The third kappa shape index (κ3) is 5.16. The Hall–Kier alpha value is -2.68. The van der Waals surface area contributed by atoms with Gasteiger partial charge in [0.05, 0.1) is 0 Å². The molecule has 144 valence electrons. The number of anilines is 1. The predicted octanol–water partition coefficient (Wildman–Crippen LogP) is 2.60. The zero-order chi connectivity index (χ0) is 19.4. The van der Waals surface area contributed by atoms with E-state index in [9.17, 15) is 9.59 Å². The number of carbonyl (C=O) groups is 2. The highest BCUT2D eigenvalue weighted by atomic mass is 32.1. The summed E-state index contributed by atoms with van der Waals surface area (Å²) in [6.07, 6.45) is 0.179. The first-order chi connectivity index (χ1) is 12.8. The van der Waals surface area contributed by atoms with Crippen LogP contribution < -0.4 is 20.1 Å². The van der Waals surface area contributed by atoms with Crippen LogP contribution in [0.4, 0.5) is 5.13 Å². The van der Waals surface area contributed by atoms with E-state index in [1.54, 1.807) is 0 Å². The lowest BCUT2D eigenvalue weighted by molar-refractivity contribution is -0.124. The highest BCUT2D eigenvalue weighted by molar-refractivity contribution is 7.15. The van der Waals surface area contributed by atoms with Crippen LogP contribution in [0.25, 0.3) is 0 Å². The Labute approximate surface area is 161 Å². The molecule has 0 aliphatic carbocycles. The van der Waals surface area contributed by atoms with E-state index in [0.717, 1.165) is 10.6 Å². The Balaban J connectivity index is 1.41. The highest BCUT2D eigenvalue weighted by Crippen LogP contribution is 2.32. The SMILES string of the molecule is CC(C)(C)c1nnc(NC(=O)CCC(=O)NCc2ccc3c(c2)OCO3)s1. The number of carbonyl (C=O) groups excluding carboxylic acids is 2. The van der Waals surface area contributed by atoms with Crippen LogP contribution in [-0.4, -0.2) is 28.8 Å². The van der Waals surface area contributed by atoms with E-state index >= 15 is 0 Å². The third-order valence-electron chi connectivity index (χ3n) is 3.82. The highest BCUT2D eigenvalue weighted by Gasteiger charge is 2.20. The van der Waals surface area contributed by atoms with Crippen molar-refractivity contribution in [2.75, 3.05) is 12.1 Å². The van der Waals surface area contributed by atoms with Crippen molar-refractivity contribution >= 4 is 28.3 Å². The average Bonchev–Trinajstić information content (AvgIpc) is 3.26. The van der Waals surface area contributed by atoms with Crippen molar-refractivity contribution in [3.8, 4) is 11.5 Å². The molecule has 0 saturated heterocycles. The Morgan fingerprint density at radius 2 is 1.85 bits per heavy atom. The standard InChI is InChI=1S/C18H22N4O4S/c1-18(2,3)16-21-22-17(27-16)20-15(24)7-6-14(23)19-9-11-4-5-12-13(8-11)26-10-25-12/h4-5,8H,6-7,9-10H2,1-3H3,(H,19,23)(H,20,22,24). The molecule has 1 aromatic heterocycles.